The van der Waals surface area contributed by atoms with Crippen molar-refractivity contribution in [1.82, 2.24) is 14.8 Å². The minimum absolute atomic E-state index is 0.0495. The maximum absolute atomic E-state index is 12.5. The molecule has 3 heterocycles. The molecule has 1 saturated heterocycles. The number of nitrogens with zero attached hydrogens (tertiary/aromatic N) is 2. The molecule has 1 amide bonds. The number of hydrogen-bond acceptors (Lipinski definition) is 6. The number of carbonyl (C=O) groups is 1. The molecule has 0 aliphatic carbocycles. The highest BCUT2D eigenvalue weighted by atomic mass is 35.5. The summed E-state index contributed by atoms with van der Waals surface area (Å²) in [6.07, 6.45) is 1.87. The van der Waals surface area contributed by atoms with Gasteiger partial charge >= 0.3 is 0 Å². The van der Waals surface area contributed by atoms with Gasteiger partial charge in [-0.2, -0.15) is 4.72 Å². The Morgan fingerprint density at radius 3 is 2.75 bits per heavy atom. The van der Waals surface area contributed by atoms with Gasteiger partial charge in [-0.25, -0.2) is 8.42 Å². The first-order valence-corrected chi connectivity index (χ1v) is 11.1. The van der Waals surface area contributed by atoms with Crippen LogP contribution in [0.25, 0.3) is 0 Å². The van der Waals surface area contributed by atoms with Gasteiger partial charge in [0.1, 0.15) is 10.7 Å². The van der Waals surface area contributed by atoms with Crippen molar-refractivity contribution in [2.75, 3.05) is 18.4 Å². The number of anilines is 1. The average Bonchev–Trinajstić information content (AvgIpc) is 3.11. The molecule has 1 fully saturated rings. The lowest BCUT2D eigenvalue weighted by Gasteiger charge is -2.38. The number of carbonyl (C=O) groups excluding carboxylic acids is 1. The molecule has 1 atom stereocenters. The number of benzene rings is 1. The van der Waals surface area contributed by atoms with E-state index in [1.807, 2.05) is 11.0 Å². The molecule has 2 aliphatic rings. The Labute approximate surface area is 168 Å². The van der Waals surface area contributed by atoms with Gasteiger partial charge in [-0.3, -0.25) is 4.79 Å². The second kappa shape index (κ2) is 7.73. The minimum atomic E-state index is -3.53. The lowest BCUT2D eigenvalue weighted by Crippen LogP contribution is -2.52. The molecule has 4 rings (SSSR count). The van der Waals surface area contributed by atoms with Crippen molar-refractivity contribution in [3.05, 3.63) is 41.2 Å². The maximum atomic E-state index is 12.5. The van der Waals surface area contributed by atoms with Gasteiger partial charge in [-0.15, -0.1) is 0 Å². The molecular formula is C18H21ClN4O4S. The van der Waals surface area contributed by atoms with E-state index < -0.39 is 10.0 Å². The molecule has 0 bridgehead atoms. The van der Waals surface area contributed by atoms with Crippen molar-refractivity contribution in [3.63, 3.8) is 0 Å². The predicted molar refractivity (Wildman–Crippen MR) is 103 cm³/mol. The monoisotopic (exact) mass is 424 g/mol. The number of sulfonamides is 1. The highest BCUT2D eigenvalue weighted by Gasteiger charge is 2.35. The summed E-state index contributed by atoms with van der Waals surface area (Å²) in [6, 6.07) is 8.49. The Morgan fingerprint density at radius 2 is 2.04 bits per heavy atom. The summed E-state index contributed by atoms with van der Waals surface area (Å²) in [5.41, 5.74) is 0.621. The average molecular weight is 425 g/mol. The molecular weight excluding hydrogens is 404 g/mol. The number of aromatic nitrogens is 1. The topological polar surface area (TPSA) is 105 Å². The number of hydrogen-bond donors (Lipinski definition) is 2. The van der Waals surface area contributed by atoms with E-state index in [-0.39, 0.29) is 28.0 Å². The van der Waals surface area contributed by atoms with Crippen LogP contribution >= 0.6 is 11.6 Å². The highest BCUT2D eigenvalue weighted by molar-refractivity contribution is 7.89. The van der Waals surface area contributed by atoms with E-state index in [0.29, 0.717) is 37.4 Å². The molecule has 8 nitrogen and oxygen atoms in total. The summed E-state index contributed by atoms with van der Waals surface area (Å²) in [7, 11) is -3.53. The van der Waals surface area contributed by atoms with Crippen LogP contribution in [0.15, 0.2) is 39.8 Å². The lowest BCUT2D eigenvalue weighted by molar-refractivity contribution is -0.132. The number of aryl methyl sites for hydroxylation is 1. The number of para-hydroxylation sites is 1. The second-order valence-corrected chi connectivity index (χ2v) is 9.14. The van der Waals surface area contributed by atoms with Crippen LogP contribution in [0.5, 0.6) is 0 Å². The van der Waals surface area contributed by atoms with Crippen LogP contribution in [0.1, 0.15) is 25.0 Å². The fraction of sp³-hybridized carbons (Fsp3) is 0.444. The van der Waals surface area contributed by atoms with Crippen molar-refractivity contribution in [2.45, 2.75) is 36.7 Å². The lowest BCUT2D eigenvalue weighted by atomic mass is 9.93. The van der Waals surface area contributed by atoms with E-state index in [2.05, 4.69) is 15.2 Å². The van der Waals surface area contributed by atoms with Gasteiger partial charge in [0.2, 0.25) is 15.9 Å². The Bertz CT molecular complexity index is 969. The number of halogens is 1. The van der Waals surface area contributed by atoms with Gasteiger partial charge in [0.05, 0.1) is 11.9 Å². The fourth-order valence-electron chi connectivity index (χ4n) is 3.74. The van der Waals surface area contributed by atoms with Crippen molar-refractivity contribution >= 4 is 33.2 Å². The summed E-state index contributed by atoms with van der Waals surface area (Å²) in [5.74, 6) is 0.751. The summed E-state index contributed by atoms with van der Waals surface area (Å²) >= 11 is 5.71. The number of likely N-dealkylation sites (tertiary alicyclic amines) is 1. The third-order valence-corrected chi connectivity index (χ3v) is 6.93. The SMILES string of the molecule is O=C(CCc1cc(Cl)no1)N1CCC([C@@H]2Nc3ccccc3S(=O)(=O)N2)CC1. The first-order chi connectivity index (χ1) is 13.4. The van der Waals surface area contributed by atoms with E-state index in [4.69, 9.17) is 16.1 Å². The molecule has 150 valence electrons. The third-order valence-electron chi connectivity index (χ3n) is 5.25. The normalized spacial score (nSPS) is 21.8. The van der Waals surface area contributed by atoms with Gasteiger partial charge in [-0.05, 0) is 30.9 Å². The van der Waals surface area contributed by atoms with E-state index in [9.17, 15) is 13.2 Å². The standard InChI is InChI=1S/C18H21ClN4O4S/c19-16-11-13(27-21-16)5-6-17(24)23-9-7-12(8-10-23)18-20-14-3-1-2-4-15(14)28(25,26)22-18/h1-4,11-12,18,20,22H,5-10H2/t18-/m1/s1. The Kier molecular flexibility index (Phi) is 5.31. The molecule has 0 spiro atoms. The van der Waals surface area contributed by atoms with Crippen LogP contribution in [0, 0.1) is 5.92 Å². The van der Waals surface area contributed by atoms with Gasteiger partial charge in [0.25, 0.3) is 0 Å². The number of nitrogens with one attached hydrogen (secondary N) is 2. The van der Waals surface area contributed by atoms with Crippen LogP contribution in [0.4, 0.5) is 5.69 Å². The fourth-order valence-corrected chi connectivity index (χ4v) is 5.28. The molecule has 1 aromatic heterocycles. The van der Waals surface area contributed by atoms with Crippen molar-refractivity contribution < 1.29 is 17.7 Å². The number of amides is 1. The van der Waals surface area contributed by atoms with Crippen LogP contribution in [-0.2, 0) is 21.2 Å². The van der Waals surface area contributed by atoms with Crippen molar-refractivity contribution in [3.8, 4) is 0 Å². The quantitative estimate of drug-likeness (QED) is 0.779. The smallest absolute Gasteiger partial charge is 0.244 e. The Morgan fingerprint density at radius 1 is 1.29 bits per heavy atom. The van der Waals surface area contributed by atoms with Crippen LogP contribution in [-0.4, -0.2) is 43.6 Å². The zero-order valence-electron chi connectivity index (χ0n) is 15.1. The molecule has 0 unspecified atom stereocenters. The van der Waals surface area contributed by atoms with Gasteiger partial charge in [0.15, 0.2) is 5.15 Å². The zero-order valence-corrected chi connectivity index (χ0v) is 16.7. The largest absolute Gasteiger partial charge is 0.368 e. The predicted octanol–water partition coefficient (Wildman–Crippen LogP) is 2.23. The Hall–Kier alpha value is -2.10. The molecule has 2 N–H and O–H groups in total. The van der Waals surface area contributed by atoms with Crippen LogP contribution < -0.4 is 10.0 Å². The second-order valence-electron chi connectivity index (χ2n) is 7.07. The summed E-state index contributed by atoms with van der Waals surface area (Å²) in [5, 5.41) is 7.17. The summed E-state index contributed by atoms with van der Waals surface area (Å²) < 4.78 is 32.7. The number of fused-ring (bicyclic) bond motifs is 1. The molecule has 0 saturated carbocycles. The third kappa shape index (κ3) is 4.01. The first kappa shape index (κ1) is 19.2. The Balaban J connectivity index is 1.32. The van der Waals surface area contributed by atoms with Gasteiger partial charge in [-0.1, -0.05) is 28.9 Å². The number of piperidine rings is 1. The highest BCUT2D eigenvalue weighted by Crippen LogP contribution is 2.30. The molecule has 1 aromatic carbocycles. The van der Waals surface area contributed by atoms with E-state index >= 15 is 0 Å². The van der Waals surface area contributed by atoms with Crippen LogP contribution in [0.2, 0.25) is 5.15 Å². The molecule has 28 heavy (non-hydrogen) atoms. The molecule has 2 aromatic rings. The molecule has 2 aliphatic heterocycles. The summed E-state index contributed by atoms with van der Waals surface area (Å²) in [4.78, 5) is 14.5. The van der Waals surface area contributed by atoms with Crippen molar-refractivity contribution in [2.24, 2.45) is 5.92 Å². The van der Waals surface area contributed by atoms with Crippen molar-refractivity contribution in [1.29, 1.82) is 0 Å². The van der Waals surface area contributed by atoms with E-state index in [1.165, 1.54) is 0 Å². The zero-order chi connectivity index (χ0) is 19.7. The minimum Gasteiger partial charge on any atom is -0.368 e. The first-order valence-electron chi connectivity index (χ1n) is 9.19. The van der Waals surface area contributed by atoms with Gasteiger partial charge in [0, 0.05) is 32.0 Å². The molecule has 0 radical (unpaired) electrons. The molecule has 10 heteroatoms. The van der Waals surface area contributed by atoms with Gasteiger partial charge < -0.3 is 14.7 Å². The summed E-state index contributed by atoms with van der Waals surface area (Å²) in [6.45, 7) is 1.20. The maximum Gasteiger partial charge on any atom is 0.244 e. The van der Waals surface area contributed by atoms with Crippen LogP contribution in [0.3, 0.4) is 0 Å². The van der Waals surface area contributed by atoms with E-state index in [1.54, 1.807) is 24.3 Å². The van der Waals surface area contributed by atoms with E-state index in [0.717, 1.165) is 12.8 Å². The number of rotatable bonds is 4.